The smallest absolute Gasteiger partial charge is 0.418 e. The quantitative estimate of drug-likeness (QED) is 0.334. The summed E-state index contributed by atoms with van der Waals surface area (Å²) in [4.78, 5) is 46.0. The highest BCUT2D eigenvalue weighted by Crippen LogP contribution is 2.33. The maximum atomic E-state index is 13.5. The van der Waals surface area contributed by atoms with Crippen LogP contribution in [0.3, 0.4) is 0 Å². The zero-order valence-electron chi connectivity index (χ0n) is 25.0. The van der Waals surface area contributed by atoms with Crippen molar-refractivity contribution in [3.8, 4) is 0 Å². The number of hydrogen-bond acceptors (Lipinski definition) is 6. The number of anilines is 3. The topological polar surface area (TPSA) is 99.1 Å². The van der Waals surface area contributed by atoms with Crippen LogP contribution < -0.4 is 15.5 Å². The molecule has 10 nitrogen and oxygen atoms in total. The molecule has 0 bridgehead atoms. The minimum absolute atomic E-state index is 0.0481. The van der Waals surface area contributed by atoms with Crippen LogP contribution in [0.1, 0.15) is 46.6 Å². The van der Waals surface area contributed by atoms with Crippen LogP contribution >= 0.6 is 11.6 Å². The lowest BCUT2D eigenvalue weighted by Gasteiger charge is -2.34. The Hall–Kier alpha value is -4.02. The van der Waals surface area contributed by atoms with Gasteiger partial charge in [-0.05, 0) is 55.3 Å². The number of para-hydroxylation sites is 1. The molecule has 1 aromatic heterocycles. The predicted molar refractivity (Wildman–Crippen MR) is 169 cm³/mol. The van der Waals surface area contributed by atoms with Crippen LogP contribution in [0.15, 0.2) is 48.7 Å². The summed E-state index contributed by atoms with van der Waals surface area (Å²) in [6.07, 6.45) is 2.52. The number of piperazine rings is 1. The number of fused-ring (bicyclic) bond motifs is 1. The first kappa shape index (κ1) is 30.4. The Labute approximate surface area is 257 Å². The molecule has 0 spiro atoms. The predicted octanol–water partition coefficient (Wildman–Crippen LogP) is 5.39. The normalized spacial score (nSPS) is 14.9. The molecule has 2 N–H and O–H groups in total. The fraction of sp³-hybridized carbons (Fsp3) is 0.406. The van der Waals surface area contributed by atoms with Crippen LogP contribution in [0.5, 0.6) is 0 Å². The first-order valence-electron chi connectivity index (χ1n) is 14.8. The van der Waals surface area contributed by atoms with E-state index in [0.717, 1.165) is 61.5 Å². The molecule has 3 heterocycles. The van der Waals surface area contributed by atoms with Crippen molar-refractivity contribution < 1.29 is 19.1 Å². The summed E-state index contributed by atoms with van der Waals surface area (Å²) in [5, 5.41) is 6.07. The van der Waals surface area contributed by atoms with Gasteiger partial charge in [0.1, 0.15) is 6.61 Å². The number of carbonyl (C=O) groups is 3. The van der Waals surface area contributed by atoms with E-state index in [9.17, 15) is 14.4 Å². The number of hydrogen-bond donors (Lipinski definition) is 2. The Kier molecular flexibility index (Phi) is 9.57. The molecule has 43 heavy (non-hydrogen) atoms. The molecule has 0 saturated carbocycles. The van der Waals surface area contributed by atoms with Gasteiger partial charge in [0.2, 0.25) is 0 Å². The fourth-order valence-electron chi connectivity index (χ4n) is 5.64. The molecule has 2 aliphatic heterocycles. The van der Waals surface area contributed by atoms with E-state index in [1.165, 1.54) is 4.57 Å². The second-order valence-corrected chi connectivity index (χ2v) is 11.3. The van der Waals surface area contributed by atoms with Gasteiger partial charge in [0.15, 0.2) is 0 Å². The van der Waals surface area contributed by atoms with Gasteiger partial charge in [-0.3, -0.25) is 9.36 Å². The number of alkyl halides is 1. The van der Waals surface area contributed by atoms with Gasteiger partial charge < -0.3 is 30.1 Å². The number of nitrogens with one attached hydrogen (secondary N) is 2. The number of nitrogens with zero attached hydrogens (tertiary/aromatic N) is 4. The number of benzene rings is 2. The lowest BCUT2D eigenvalue weighted by molar-refractivity contribution is 0.102. The van der Waals surface area contributed by atoms with Crippen LogP contribution in [0.4, 0.5) is 26.7 Å². The largest absolute Gasteiger partial charge is 0.448 e. The third-order valence-corrected chi connectivity index (χ3v) is 8.33. The van der Waals surface area contributed by atoms with Crippen molar-refractivity contribution in [3.63, 3.8) is 0 Å². The zero-order chi connectivity index (χ0) is 30.5. The number of amides is 3. The summed E-state index contributed by atoms with van der Waals surface area (Å²) >= 11 is 5.74. The highest BCUT2D eigenvalue weighted by molar-refractivity contribution is 6.18. The van der Waals surface area contributed by atoms with E-state index < -0.39 is 6.09 Å². The minimum Gasteiger partial charge on any atom is -0.448 e. The van der Waals surface area contributed by atoms with E-state index >= 15 is 0 Å². The summed E-state index contributed by atoms with van der Waals surface area (Å²) in [7, 11) is 2.12. The van der Waals surface area contributed by atoms with Crippen molar-refractivity contribution in [1.82, 2.24) is 14.4 Å². The van der Waals surface area contributed by atoms with Gasteiger partial charge in [-0.25, -0.2) is 9.59 Å². The van der Waals surface area contributed by atoms with Crippen LogP contribution in [0, 0.1) is 0 Å². The van der Waals surface area contributed by atoms with Gasteiger partial charge in [-0.15, -0.1) is 11.6 Å². The highest BCUT2D eigenvalue weighted by Gasteiger charge is 2.33. The molecule has 1 saturated heterocycles. The third kappa shape index (κ3) is 6.65. The maximum Gasteiger partial charge on any atom is 0.418 e. The van der Waals surface area contributed by atoms with Crippen LogP contribution in [-0.2, 0) is 30.7 Å². The number of likely N-dealkylation sites (N-methyl/N-ethyl adjacent to an activating group) is 1. The van der Waals surface area contributed by atoms with E-state index in [0.29, 0.717) is 22.5 Å². The molecule has 11 heteroatoms. The Morgan fingerprint density at radius 3 is 2.21 bits per heavy atom. The Morgan fingerprint density at radius 1 is 0.907 bits per heavy atom. The third-order valence-electron chi connectivity index (χ3n) is 8.18. The van der Waals surface area contributed by atoms with Crippen LogP contribution in [-0.4, -0.2) is 78.1 Å². The number of rotatable bonds is 8. The monoisotopic (exact) mass is 606 g/mol. The standard InChI is InChI=1S/C32H39ClN6O4/c1-4-22-7-6-8-23(5-2)29(22)35-31(41)38-19-26-27(20-39(28(26)21-38)32(42)43-18-13-33)34-30(40)24-9-11-25(12-10-24)37-16-14-36(3)15-17-37/h6-12,20H,4-5,13-19,21H2,1-3H3,(H,34,40)(H,35,41). The Balaban J connectivity index is 1.34. The van der Waals surface area contributed by atoms with Crippen molar-refractivity contribution in [2.45, 2.75) is 39.8 Å². The fourth-order valence-corrected chi connectivity index (χ4v) is 5.72. The van der Waals surface area contributed by atoms with Crippen LogP contribution in [0.2, 0.25) is 0 Å². The second-order valence-electron chi connectivity index (χ2n) is 10.9. The van der Waals surface area contributed by atoms with Crippen molar-refractivity contribution in [2.75, 3.05) is 61.2 Å². The molecule has 0 radical (unpaired) electrons. The molecule has 3 amide bonds. The molecular formula is C32H39ClN6O4. The van der Waals surface area contributed by atoms with E-state index in [-0.39, 0.29) is 37.5 Å². The molecule has 0 unspecified atom stereocenters. The average Bonchev–Trinajstić information content (AvgIpc) is 3.61. The molecule has 3 aromatic rings. The first-order valence-corrected chi connectivity index (χ1v) is 15.3. The molecule has 2 aliphatic rings. The summed E-state index contributed by atoms with van der Waals surface area (Å²) < 4.78 is 6.65. The Bertz CT molecular complexity index is 1460. The molecular weight excluding hydrogens is 568 g/mol. The van der Waals surface area contributed by atoms with Crippen molar-refractivity contribution in [2.24, 2.45) is 0 Å². The van der Waals surface area contributed by atoms with Crippen molar-refractivity contribution >= 4 is 46.7 Å². The SMILES string of the molecule is CCc1cccc(CC)c1NC(=O)N1Cc2c(NC(=O)c3ccc(N4CCN(C)CC4)cc3)cn(C(=O)OCCCl)c2C1. The van der Waals surface area contributed by atoms with Gasteiger partial charge in [0.05, 0.1) is 30.4 Å². The van der Waals surface area contributed by atoms with E-state index in [4.69, 9.17) is 16.3 Å². The molecule has 1 fully saturated rings. The van der Waals surface area contributed by atoms with Crippen LogP contribution in [0.25, 0.3) is 0 Å². The Morgan fingerprint density at radius 2 is 1.58 bits per heavy atom. The van der Waals surface area contributed by atoms with Gasteiger partial charge in [0, 0.05) is 54.9 Å². The lowest BCUT2D eigenvalue weighted by Crippen LogP contribution is -2.44. The summed E-state index contributed by atoms with van der Waals surface area (Å²) in [6, 6.07) is 13.3. The summed E-state index contributed by atoms with van der Waals surface area (Å²) in [6.45, 7) is 8.44. The van der Waals surface area contributed by atoms with Crippen molar-refractivity contribution in [3.05, 3.63) is 76.6 Å². The average molecular weight is 607 g/mol. The zero-order valence-corrected chi connectivity index (χ0v) is 25.7. The van der Waals surface area contributed by atoms with Gasteiger partial charge in [-0.1, -0.05) is 32.0 Å². The number of aryl methyl sites for hydroxylation is 2. The van der Waals surface area contributed by atoms with Gasteiger partial charge in [0.25, 0.3) is 5.91 Å². The van der Waals surface area contributed by atoms with E-state index in [1.807, 2.05) is 42.5 Å². The number of halogens is 1. The van der Waals surface area contributed by atoms with E-state index in [2.05, 4.69) is 41.3 Å². The number of aromatic nitrogens is 1. The molecule has 2 aromatic carbocycles. The molecule has 0 atom stereocenters. The summed E-state index contributed by atoms with van der Waals surface area (Å²) in [5.74, 6) is -0.139. The summed E-state index contributed by atoms with van der Waals surface area (Å²) in [5.41, 5.74) is 6.28. The molecule has 228 valence electrons. The number of ether oxygens (including phenoxy) is 1. The number of urea groups is 1. The van der Waals surface area contributed by atoms with Crippen molar-refractivity contribution in [1.29, 1.82) is 0 Å². The lowest BCUT2D eigenvalue weighted by atomic mass is 10.0. The minimum atomic E-state index is -0.610. The number of carbonyl (C=O) groups excluding carboxylic acids is 3. The van der Waals surface area contributed by atoms with Gasteiger partial charge >= 0.3 is 12.1 Å². The molecule has 5 rings (SSSR count). The van der Waals surface area contributed by atoms with Gasteiger partial charge in [-0.2, -0.15) is 0 Å². The first-order chi connectivity index (χ1) is 20.8. The molecule has 0 aliphatic carbocycles. The maximum absolute atomic E-state index is 13.5. The van der Waals surface area contributed by atoms with E-state index in [1.54, 1.807) is 11.1 Å². The highest BCUT2D eigenvalue weighted by atomic mass is 35.5. The second kappa shape index (κ2) is 13.5.